The molecular weight excluding hydrogens is 196 g/mol. The molecule has 0 heterocycles. The number of allylic oxidation sites excluding steroid dienone is 1. The largest absolute Gasteiger partial charge is 0.298 e. The van der Waals surface area contributed by atoms with Crippen LogP contribution in [-0.2, 0) is 4.79 Å². The van der Waals surface area contributed by atoms with Crippen LogP contribution in [0.15, 0.2) is 54.6 Å². The van der Waals surface area contributed by atoms with E-state index in [-0.39, 0.29) is 5.92 Å². The molecule has 0 aliphatic rings. The minimum atomic E-state index is 0.0853. The highest BCUT2D eigenvalue weighted by Gasteiger charge is 2.08. The molecule has 0 aliphatic carbocycles. The molecule has 0 spiro atoms. The van der Waals surface area contributed by atoms with Crippen molar-refractivity contribution in [3.05, 3.63) is 60.2 Å². The average Bonchev–Trinajstić information content (AvgIpc) is 2.36. The van der Waals surface area contributed by atoms with Crippen molar-refractivity contribution >= 4 is 17.1 Å². The van der Waals surface area contributed by atoms with Crippen LogP contribution < -0.4 is 0 Å². The molecule has 0 saturated carbocycles. The third kappa shape index (κ3) is 1.89. The summed E-state index contributed by atoms with van der Waals surface area (Å²) >= 11 is 0. The van der Waals surface area contributed by atoms with E-state index in [1.807, 2.05) is 19.1 Å². The smallest absolute Gasteiger partial charge is 0.146 e. The number of fused-ring (bicyclic) bond motifs is 1. The average molecular weight is 210 g/mol. The van der Waals surface area contributed by atoms with Gasteiger partial charge in [-0.05, 0) is 21.9 Å². The SMILES string of the molecule is C=C(C=O)[C@H](C)c1ccc2ccccc2c1. The molecule has 1 heteroatoms. The van der Waals surface area contributed by atoms with Crippen molar-refractivity contribution in [2.45, 2.75) is 12.8 Å². The first-order valence-electron chi connectivity index (χ1n) is 5.35. The Kier molecular flexibility index (Phi) is 2.86. The van der Waals surface area contributed by atoms with E-state index < -0.39 is 0 Å². The van der Waals surface area contributed by atoms with E-state index in [9.17, 15) is 4.79 Å². The zero-order valence-corrected chi connectivity index (χ0v) is 9.31. The molecule has 0 unspecified atom stereocenters. The van der Waals surface area contributed by atoms with E-state index in [1.165, 1.54) is 10.8 Å². The zero-order chi connectivity index (χ0) is 11.5. The van der Waals surface area contributed by atoms with Gasteiger partial charge in [0.1, 0.15) is 6.29 Å². The van der Waals surface area contributed by atoms with E-state index in [4.69, 9.17) is 0 Å². The summed E-state index contributed by atoms with van der Waals surface area (Å²) in [6.07, 6.45) is 0.833. The maximum absolute atomic E-state index is 10.7. The third-order valence-electron chi connectivity index (χ3n) is 2.98. The maximum atomic E-state index is 10.7. The normalized spacial score (nSPS) is 12.3. The van der Waals surface area contributed by atoms with Crippen LogP contribution in [0.5, 0.6) is 0 Å². The standard InChI is InChI=1S/C15H14O/c1-11(10-16)12(2)14-8-7-13-5-3-4-6-15(13)9-14/h3-10,12H,1H2,2H3/t12-/m0/s1. The number of benzene rings is 2. The Morgan fingerprint density at radius 3 is 2.56 bits per heavy atom. The lowest BCUT2D eigenvalue weighted by atomic mass is 9.93. The quantitative estimate of drug-likeness (QED) is 0.557. The molecule has 1 atom stereocenters. The van der Waals surface area contributed by atoms with Crippen molar-refractivity contribution in [1.82, 2.24) is 0 Å². The van der Waals surface area contributed by atoms with E-state index in [0.717, 1.165) is 11.8 Å². The molecule has 0 bridgehead atoms. The number of rotatable bonds is 3. The molecule has 0 saturated heterocycles. The molecule has 0 amide bonds. The van der Waals surface area contributed by atoms with Gasteiger partial charge in [-0.2, -0.15) is 0 Å². The van der Waals surface area contributed by atoms with Crippen molar-refractivity contribution in [3.8, 4) is 0 Å². The molecule has 2 aromatic rings. The van der Waals surface area contributed by atoms with Gasteiger partial charge in [0.15, 0.2) is 0 Å². The van der Waals surface area contributed by atoms with E-state index in [1.54, 1.807) is 0 Å². The highest BCUT2D eigenvalue weighted by atomic mass is 16.1. The second-order valence-electron chi connectivity index (χ2n) is 4.02. The van der Waals surface area contributed by atoms with Gasteiger partial charge in [-0.25, -0.2) is 0 Å². The topological polar surface area (TPSA) is 17.1 Å². The second kappa shape index (κ2) is 4.31. The van der Waals surface area contributed by atoms with Crippen LogP contribution in [0.25, 0.3) is 10.8 Å². The van der Waals surface area contributed by atoms with Crippen LogP contribution in [0.4, 0.5) is 0 Å². The van der Waals surface area contributed by atoms with Crippen molar-refractivity contribution in [3.63, 3.8) is 0 Å². The van der Waals surface area contributed by atoms with Gasteiger partial charge in [0.05, 0.1) is 0 Å². The molecule has 0 aliphatic heterocycles. The zero-order valence-electron chi connectivity index (χ0n) is 9.31. The van der Waals surface area contributed by atoms with Gasteiger partial charge in [0.2, 0.25) is 0 Å². The molecule has 0 aromatic heterocycles. The summed E-state index contributed by atoms with van der Waals surface area (Å²) in [6, 6.07) is 14.5. The molecule has 2 rings (SSSR count). The number of hydrogen-bond donors (Lipinski definition) is 0. The Morgan fingerprint density at radius 1 is 1.19 bits per heavy atom. The molecule has 1 nitrogen and oxygen atoms in total. The van der Waals surface area contributed by atoms with Gasteiger partial charge in [0.25, 0.3) is 0 Å². The molecule has 0 radical (unpaired) electrons. The van der Waals surface area contributed by atoms with Crippen LogP contribution in [0.2, 0.25) is 0 Å². The summed E-state index contributed by atoms with van der Waals surface area (Å²) in [5, 5.41) is 2.42. The monoisotopic (exact) mass is 210 g/mol. The maximum Gasteiger partial charge on any atom is 0.146 e. The molecule has 0 N–H and O–H groups in total. The van der Waals surface area contributed by atoms with Crippen LogP contribution in [0, 0.1) is 0 Å². The van der Waals surface area contributed by atoms with Crippen molar-refractivity contribution in [1.29, 1.82) is 0 Å². The van der Waals surface area contributed by atoms with Crippen molar-refractivity contribution < 1.29 is 4.79 Å². The summed E-state index contributed by atoms with van der Waals surface area (Å²) in [6.45, 7) is 5.76. The predicted molar refractivity (Wildman–Crippen MR) is 67.6 cm³/mol. The van der Waals surface area contributed by atoms with Gasteiger partial charge >= 0.3 is 0 Å². The summed E-state index contributed by atoms with van der Waals surface area (Å²) in [5.41, 5.74) is 1.76. The van der Waals surface area contributed by atoms with Crippen LogP contribution in [0.1, 0.15) is 18.4 Å². The first-order chi connectivity index (χ1) is 7.72. The molecular formula is C15H14O. The van der Waals surface area contributed by atoms with Crippen molar-refractivity contribution in [2.24, 2.45) is 0 Å². The lowest BCUT2D eigenvalue weighted by Crippen LogP contribution is -1.97. The van der Waals surface area contributed by atoms with Gasteiger partial charge in [-0.1, -0.05) is 56.0 Å². The van der Waals surface area contributed by atoms with Crippen LogP contribution in [0.3, 0.4) is 0 Å². The molecule has 80 valence electrons. The lowest BCUT2D eigenvalue weighted by Gasteiger charge is -2.11. The highest BCUT2D eigenvalue weighted by Crippen LogP contribution is 2.25. The number of hydrogen-bond acceptors (Lipinski definition) is 1. The first kappa shape index (κ1) is 10.6. The lowest BCUT2D eigenvalue weighted by molar-refractivity contribution is -0.105. The Bertz CT molecular complexity index is 540. The Morgan fingerprint density at radius 2 is 1.88 bits per heavy atom. The van der Waals surface area contributed by atoms with E-state index in [2.05, 4.69) is 36.9 Å². The Hall–Kier alpha value is -1.89. The van der Waals surface area contributed by atoms with Gasteiger partial charge in [0, 0.05) is 5.92 Å². The number of carbonyl (C=O) groups excluding carboxylic acids is 1. The second-order valence-corrected chi connectivity index (χ2v) is 4.02. The fraction of sp³-hybridized carbons (Fsp3) is 0.133. The molecule has 16 heavy (non-hydrogen) atoms. The summed E-state index contributed by atoms with van der Waals surface area (Å²) < 4.78 is 0. The molecule has 0 fully saturated rings. The minimum absolute atomic E-state index is 0.0853. The van der Waals surface area contributed by atoms with Gasteiger partial charge in [-0.3, -0.25) is 4.79 Å². The highest BCUT2D eigenvalue weighted by molar-refractivity contribution is 5.84. The fourth-order valence-electron chi connectivity index (χ4n) is 1.79. The van der Waals surface area contributed by atoms with Crippen LogP contribution in [-0.4, -0.2) is 6.29 Å². The van der Waals surface area contributed by atoms with Gasteiger partial charge < -0.3 is 0 Å². The predicted octanol–water partition coefficient (Wildman–Crippen LogP) is 3.70. The fourth-order valence-corrected chi connectivity index (χ4v) is 1.79. The van der Waals surface area contributed by atoms with Crippen LogP contribution >= 0.6 is 0 Å². The van der Waals surface area contributed by atoms with E-state index >= 15 is 0 Å². The van der Waals surface area contributed by atoms with Gasteiger partial charge in [-0.15, -0.1) is 0 Å². The number of aldehydes is 1. The van der Waals surface area contributed by atoms with Crippen molar-refractivity contribution in [2.75, 3.05) is 0 Å². The Balaban J connectivity index is 2.46. The first-order valence-corrected chi connectivity index (χ1v) is 5.35. The Labute approximate surface area is 95.4 Å². The third-order valence-corrected chi connectivity index (χ3v) is 2.98. The molecule has 2 aromatic carbocycles. The summed E-state index contributed by atoms with van der Waals surface area (Å²) in [4.78, 5) is 10.7. The number of carbonyl (C=O) groups is 1. The van der Waals surface area contributed by atoms with E-state index in [0.29, 0.717) is 5.57 Å². The summed E-state index contributed by atoms with van der Waals surface area (Å²) in [7, 11) is 0. The minimum Gasteiger partial charge on any atom is -0.298 e. The summed E-state index contributed by atoms with van der Waals surface area (Å²) in [5.74, 6) is 0.0853.